The van der Waals surface area contributed by atoms with Gasteiger partial charge in [-0.05, 0) is 56.7 Å². The third-order valence-electron chi connectivity index (χ3n) is 7.56. The van der Waals surface area contributed by atoms with Crippen molar-refractivity contribution in [1.29, 1.82) is 0 Å². The number of benzene rings is 2. The molecule has 0 amide bonds. The second-order valence-corrected chi connectivity index (χ2v) is 10.9. The molecule has 2 aromatic carbocycles. The number of phenols is 2. The molecule has 0 saturated carbocycles. The molecular weight excluding hydrogens is 504 g/mol. The standard InChI is InChI=1S/C34H46O6/c1-4-5-6-7-8-9-10-11-12-13-14-15-16-17-18-19-30(37)40-34-26-20-24(2)21-28(35)31(26)33(38)32-27(34)22-25(39-3)23-29(32)36/h11-12,20-23,34-36H,4-10,13-19H2,1-3H3/t34-/m1/s1. The predicted molar refractivity (Wildman–Crippen MR) is 158 cm³/mol. The molecule has 2 aromatic rings. The van der Waals surface area contributed by atoms with Gasteiger partial charge in [0.2, 0.25) is 5.78 Å². The summed E-state index contributed by atoms with van der Waals surface area (Å²) in [5.74, 6) is -1.01. The second kappa shape index (κ2) is 16.1. The van der Waals surface area contributed by atoms with Crippen LogP contribution >= 0.6 is 0 Å². The molecule has 0 unspecified atom stereocenters. The number of rotatable bonds is 17. The van der Waals surface area contributed by atoms with Crippen LogP contribution in [0.3, 0.4) is 0 Å². The summed E-state index contributed by atoms with van der Waals surface area (Å²) < 4.78 is 11.2. The first-order valence-corrected chi connectivity index (χ1v) is 15.0. The quantitative estimate of drug-likeness (QED) is 0.116. The Morgan fingerprint density at radius 1 is 0.800 bits per heavy atom. The molecule has 0 spiro atoms. The van der Waals surface area contributed by atoms with Gasteiger partial charge in [-0.1, -0.05) is 76.5 Å². The molecule has 40 heavy (non-hydrogen) atoms. The number of esters is 1. The highest BCUT2D eigenvalue weighted by Gasteiger charge is 2.38. The van der Waals surface area contributed by atoms with Crippen molar-refractivity contribution in [3.8, 4) is 17.2 Å². The lowest BCUT2D eigenvalue weighted by molar-refractivity contribution is -0.147. The van der Waals surface area contributed by atoms with Crippen molar-refractivity contribution < 1.29 is 29.3 Å². The summed E-state index contributed by atoms with van der Waals surface area (Å²) in [4.78, 5) is 26.1. The molecule has 1 aliphatic rings. The number of hydrogen-bond acceptors (Lipinski definition) is 6. The molecule has 3 rings (SSSR count). The fraction of sp³-hybridized carbons (Fsp3) is 0.529. The molecule has 0 radical (unpaired) electrons. The number of carbonyl (C=O) groups is 2. The Balaban J connectivity index is 1.46. The van der Waals surface area contributed by atoms with E-state index in [2.05, 4.69) is 19.1 Å². The number of aryl methyl sites for hydroxylation is 1. The van der Waals surface area contributed by atoms with Crippen LogP contribution in [0, 0.1) is 6.92 Å². The van der Waals surface area contributed by atoms with E-state index in [4.69, 9.17) is 9.47 Å². The van der Waals surface area contributed by atoms with Gasteiger partial charge >= 0.3 is 5.97 Å². The highest BCUT2D eigenvalue weighted by atomic mass is 16.5. The van der Waals surface area contributed by atoms with E-state index in [1.807, 2.05) is 0 Å². The molecule has 218 valence electrons. The summed E-state index contributed by atoms with van der Waals surface area (Å²) in [5, 5.41) is 21.1. The first-order chi connectivity index (χ1) is 19.4. The number of fused-ring (bicyclic) bond motifs is 2. The van der Waals surface area contributed by atoms with Crippen molar-refractivity contribution in [1.82, 2.24) is 0 Å². The molecule has 0 aliphatic heterocycles. The molecular formula is C34H46O6. The Morgan fingerprint density at radius 3 is 1.98 bits per heavy atom. The molecule has 0 heterocycles. The van der Waals surface area contributed by atoms with E-state index in [1.54, 1.807) is 19.1 Å². The predicted octanol–water partition coefficient (Wildman–Crippen LogP) is 8.63. The van der Waals surface area contributed by atoms with Crippen LogP contribution in [0.4, 0.5) is 0 Å². The van der Waals surface area contributed by atoms with Crippen molar-refractivity contribution in [3.63, 3.8) is 0 Å². The van der Waals surface area contributed by atoms with Gasteiger partial charge in [0.25, 0.3) is 0 Å². The fourth-order valence-electron chi connectivity index (χ4n) is 5.39. The maximum absolute atomic E-state index is 13.2. The normalized spacial score (nSPS) is 14.3. The SMILES string of the molecule is CCCCCCCCC=CCCCCCCCC(=O)O[C@@H]1c2cc(C)cc(O)c2C(=O)c2c(O)cc(OC)cc21. The van der Waals surface area contributed by atoms with Crippen molar-refractivity contribution in [2.45, 2.75) is 110 Å². The molecule has 0 fully saturated rings. The minimum Gasteiger partial charge on any atom is -0.507 e. The van der Waals surface area contributed by atoms with E-state index in [0.29, 0.717) is 16.9 Å². The van der Waals surface area contributed by atoms with Crippen LogP contribution in [-0.4, -0.2) is 29.1 Å². The van der Waals surface area contributed by atoms with Crippen molar-refractivity contribution in [2.24, 2.45) is 0 Å². The number of hydrogen-bond donors (Lipinski definition) is 2. The van der Waals surface area contributed by atoms with Gasteiger partial charge in [0, 0.05) is 23.6 Å². The summed E-state index contributed by atoms with van der Waals surface area (Å²) in [6, 6.07) is 6.19. The van der Waals surface area contributed by atoms with Crippen LogP contribution in [0.2, 0.25) is 0 Å². The number of ether oxygens (including phenoxy) is 2. The first-order valence-electron chi connectivity index (χ1n) is 15.0. The summed E-state index contributed by atoms with van der Waals surface area (Å²) >= 11 is 0. The Labute approximate surface area is 239 Å². The van der Waals surface area contributed by atoms with E-state index in [0.717, 1.165) is 44.1 Å². The van der Waals surface area contributed by atoms with Crippen molar-refractivity contribution >= 4 is 11.8 Å². The third-order valence-corrected chi connectivity index (χ3v) is 7.56. The Bertz CT molecular complexity index is 1170. The topological polar surface area (TPSA) is 93.1 Å². The highest BCUT2D eigenvalue weighted by Crippen LogP contribution is 2.45. The van der Waals surface area contributed by atoms with Gasteiger partial charge < -0.3 is 19.7 Å². The molecule has 0 saturated heterocycles. The minimum absolute atomic E-state index is 0.0197. The number of aromatic hydroxyl groups is 2. The Hall–Kier alpha value is -3.28. The van der Waals surface area contributed by atoms with Gasteiger partial charge in [0.1, 0.15) is 17.2 Å². The zero-order valence-electron chi connectivity index (χ0n) is 24.5. The van der Waals surface area contributed by atoms with Crippen LogP contribution in [-0.2, 0) is 9.53 Å². The van der Waals surface area contributed by atoms with Crippen LogP contribution in [0.5, 0.6) is 17.2 Å². The van der Waals surface area contributed by atoms with Crippen LogP contribution in [0.25, 0.3) is 0 Å². The average Bonchev–Trinajstić information content (AvgIpc) is 2.92. The van der Waals surface area contributed by atoms with Crippen molar-refractivity contribution in [2.75, 3.05) is 7.11 Å². The van der Waals surface area contributed by atoms with Crippen LogP contribution in [0.15, 0.2) is 36.4 Å². The average molecular weight is 551 g/mol. The summed E-state index contributed by atoms with van der Waals surface area (Å²) in [5.41, 5.74) is 1.58. The zero-order chi connectivity index (χ0) is 28.9. The Morgan fingerprint density at radius 2 is 1.35 bits per heavy atom. The summed E-state index contributed by atoms with van der Waals surface area (Å²) in [7, 11) is 1.46. The van der Waals surface area contributed by atoms with Gasteiger partial charge in [-0.2, -0.15) is 0 Å². The zero-order valence-corrected chi connectivity index (χ0v) is 24.5. The van der Waals surface area contributed by atoms with E-state index in [9.17, 15) is 19.8 Å². The highest BCUT2D eigenvalue weighted by molar-refractivity contribution is 6.16. The molecule has 0 bridgehead atoms. The number of phenolic OH excluding ortho intramolecular Hbond substituents is 2. The van der Waals surface area contributed by atoms with Crippen molar-refractivity contribution in [3.05, 3.63) is 64.2 Å². The second-order valence-electron chi connectivity index (χ2n) is 10.9. The molecule has 1 atom stereocenters. The number of carbonyl (C=O) groups excluding carboxylic acids is 2. The molecule has 6 heteroatoms. The van der Waals surface area contributed by atoms with Gasteiger partial charge in [0.15, 0.2) is 6.10 Å². The maximum Gasteiger partial charge on any atom is 0.306 e. The molecule has 6 nitrogen and oxygen atoms in total. The van der Waals surface area contributed by atoms with E-state index < -0.39 is 11.9 Å². The minimum atomic E-state index is -0.926. The number of unbranched alkanes of at least 4 members (excludes halogenated alkanes) is 11. The van der Waals surface area contributed by atoms with Crippen LogP contribution in [0.1, 0.15) is 136 Å². The van der Waals surface area contributed by atoms with E-state index in [-0.39, 0.29) is 35.0 Å². The smallest absolute Gasteiger partial charge is 0.306 e. The third kappa shape index (κ3) is 8.61. The lowest BCUT2D eigenvalue weighted by Crippen LogP contribution is -2.24. The number of allylic oxidation sites excluding steroid dienone is 2. The number of methoxy groups -OCH3 is 1. The summed E-state index contributed by atoms with van der Waals surface area (Å²) in [6.45, 7) is 4.05. The maximum atomic E-state index is 13.2. The lowest BCUT2D eigenvalue weighted by Gasteiger charge is -2.29. The lowest BCUT2D eigenvalue weighted by atomic mass is 9.81. The van der Waals surface area contributed by atoms with Gasteiger partial charge in [-0.3, -0.25) is 9.59 Å². The van der Waals surface area contributed by atoms with E-state index >= 15 is 0 Å². The summed E-state index contributed by atoms with van der Waals surface area (Å²) in [6.07, 6.45) is 19.3. The monoisotopic (exact) mass is 550 g/mol. The Kier molecular flexibility index (Phi) is 12.6. The van der Waals surface area contributed by atoms with Gasteiger partial charge in [-0.25, -0.2) is 0 Å². The van der Waals surface area contributed by atoms with Gasteiger partial charge in [0.05, 0.1) is 18.2 Å². The molecule has 2 N–H and O–H groups in total. The molecule has 0 aromatic heterocycles. The largest absolute Gasteiger partial charge is 0.507 e. The first kappa shape index (κ1) is 31.3. The fourth-order valence-corrected chi connectivity index (χ4v) is 5.39. The van der Waals surface area contributed by atoms with Crippen LogP contribution < -0.4 is 4.74 Å². The number of ketones is 1. The van der Waals surface area contributed by atoms with Gasteiger partial charge in [-0.15, -0.1) is 0 Å². The molecule has 1 aliphatic carbocycles. The van der Waals surface area contributed by atoms with E-state index in [1.165, 1.54) is 64.2 Å².